The minimum Gasteiger partial charge on any atom is -0.497 e. The standard InChI is InChI=1S/C21H28O5S/c1-19(2,3)21(6)26-18-17(27(21)22)16-13-10-12(23-7)8-9-15(13)24-11-14(16)20(4,5)25-18/h8-10,14,16H,11H2,1-7H3/t14-,16+,21-,27?/m0/s1. The van der Waals surface area contributed by atoms with Gasteiger partial charge in [-0.3, -0.25) is 4.21 Å². The zero-order valence-electron chi connectivity index (χ0n) is 17.0. The van der Waals surface area contributed by atoms with E-state index in [9.17, 15) is 4.21 Å². The first-order valence-electron chi connectivity index (χ1n) is 9.34. The van der Waals surface area contributed by atoms with Gasteiger partial charge in [-0.05, 0) is 39.0 Å². The summed E-state index contributed by atoms with van der Waals surface area (Å²) in [6.45, 7) is 12.7. The molecular weight excluding hydrogens is 364 g/mol. The molecule has 3 heterocycles. The molecule has 1 aromatic rings. The smallest absolute Gasteiger partial charge is 0.294 e. The normalized spacial score (nSPS) is 33.8. The summed E-state index contributed by atoms with van der Waals surface area (Å²) < 4.78 is 37.7. The largest absolute Gasteiger partial charge is 0.497 e. The molecule has 0 bridgehead atoms. The van der Waals surface area contributed by atoms with Crippen molar-refractivity contribution >= 4 is 10.8 Å². The first kappa shape index (κ1) is 18.7. The molecule has 0 saturated heterocycles. The molecule has 0 fully saturated rings. The van der Waals surface area contributed by atoms with Gasteiger partial charge >= 0.3 is 0 Å². The number of hydrogen-bond donors (Lipinski definition) is 0. The molecule has 3 aliphatic heterocycles. The lowest BCUT2D eigenvalue weighted by atomic mass is 9.74. The predicted octanol–water partition coefficient (Wildman–Crippen LogP) is 4.31. The van der Waals surface area contributed by atoms with Crippen molar-refractivity contribution in [2.75, 3.05) is 13.7 Å². The highest BCUT2D eigenvalue weighted by atomic mass is 32.2. The van der Waals surface area contributed by atoms with Gasteiger partial charge in [-0.2, -0.15) is 0 Å². The summed E-state index contributed by atoms with van der Waals surface area (Å²) in [5.41, 5.74) is 0.169. The van der Waals surface area contributed by atoms with Crippen molar-refractivity contribution in [3.8, 4) is 11.5 Å². The van der Waals surface area contributed by atoms with E-state index in [1.807, 2.05) is 59.7 Å². The summed E-state index contributed by atoms with van der Waals surface area (Å²) in [5.74, 6) is 1.93. The lowest BCUT2D eigenvalue weighted by Crippen LogP contribution is -2.47. The Kier molecular flexibility index (Phi) is 3.91. The van der Waals surface area contributed by atoms with Gasteiger partial charge in [-0.25, -0.2) is 0 Å². The second-order valence-electron chi connectivity index (χ2n) is 9.22. The number of rotatable bonds is 1. The lowest BCUT2D eigenvalue weighted by molar-refractivity contribution is -0.141. The van der Waals surface area contributed by atoms with Crippen LogP contribution >= 0.6 is 0 Å². The summed E-state index contributed by atoms with van der Waals surface area (Å²) >= 11 is 0. The third-order valence-corrected chi connectivity index (χ3v) is 8.53. The van der Waals surface area contributed by atoms with Gasteiger partial charge in [0.1, 0.15) is 32.8 Å². The van der Waals surface area contributed by atoms with Crippen LogP contribution in [0, 0.1) is 11.3 Å². The van der Waals surface area contributed by atoms with E-state index in [4.69, 9.17) is 18.9 Å². The Labute approximate surface area is 163 Å². The Morgan fingerprint density at radius 3 is 2.52 bits per heavy atom. The van der Waals surface area contributed by atoms with Crippen molar-refractivity contribution in [2.24, 2.45) is 11.3 Å². The van der Waals surface area contributed by atoms with Gasteiger partial charge in [0.05, 0.1) is 13.7 Å². The molecule has 0 aliphatic carbocycles. The monoisotopic (exact) mass is 392 g/mol. The highest BCUT2D eigenvalue weighted by Crippen LogP contribution is 2.59. The molecule has 0 amide bonds. The second-order valence-corrected chi connectivity index (χ2v) is 11.0. The van der Waals surface area contributed by atoms with E-state index < -0.39 is 21.3 Å². The van der Waals surface area contributed by atoms with Gasteiger partial charge in [0.15, 0.2) is 4.93 Å². The summed E-state index contributed by atoms with van der Waals surface area (Å²) in [4.78, 5) is -0.102. The molecule has 0 aromatic heterocycles. The highest BCUT2D eigenvalue weighted by molar-refractivity contribution is 7.90. The zero-order chi connectivity index (χ0) is 19.8. The third kappa shape index (κ3) is 2.52. The van der Waals surface area contributed by atoms with Crippen LogP contribution in [0.5, 0.6) is 11.5 Å². The summed E-state index contributed by atoms with van der Waals surface area (Å²) in [6, 6.07) is 5.80. The van der Waals surface area contributed by atoms with Gasteiger partial charge in [0.25, 0.3) is 5.95 Å². The van der Waals surface area contributed by atoms with Gasteiger partial charge < -0.3 is 18.9 Å². The molecule has 148 valence electrons. The van der Waals surface area contributed by atoms with Gasteiger partial charge in [-0.15, -0.1) is 0 Å². The molecule has 0 N–H and O–H groups in total. The van der Waals surface area contributed by atoms with Crippen molar-refractivity contribution < 1.29 is 23.2 Å². The number of benzene rings is 1. The molecule has 0 radical (unpaired) electrons. The molecule has 27 heavy (non-hydrogen) atoms. The molecule has 5 nitrogen and oxygen atoms in total. The predicted molar refractivity (Wildman–Crippen MR) is 104 cm³/mol. The van der Waals surface area contributed by atoms with Crippen LogP contribution in [-0.2, 0) is 20.3 Å². The minimum atomic E-state index is -1.34. The SMILES string of the molecule is COc1ccc2c(c1)[C@H]1C3=C(OC(C)(C)[C@H]1CO2)O[C@](C)(C(C)(C)C)S3=O. The quantitative estimate of drug-likeness (QED) is 0.713. The second kappa shape index (κ2) is 5.66. The molecule has 0 spiro atoms. The Morgan fingerprint density at radius 2 is 1.89 bits per heavy atom. The van der Waals surface area contributed by atoms with Crippen LogP contribution in [0.1, 0.15) is 53.0 Å². The van der Waals surface area contributed by atoms with Crippen molar-refractivity contribution in [1.29, 1.82) is 0 Å². The van der Waals surface area contributed by atoms with Crippen LogP contribution in [0.3, 0.4) is 0 Å². The average molecular weight is 393 g/mol. The summed E-state index contributed by atoms with van der Waals surface area (Å²) in [7, 11) is 0.304. The minimum absolute atomic E-state index is 0.0331. The summed E-state index contributed by atoms with van der Waals surface area (Å²) in [5, 5.41) is 0. The van der Waals surface area contributed by atoms with E-state index in [-0.39, 0.29) is 17.3 Å². The first-order valence-corrected chi connectivity index (χ1v) is 10.5. The van der Waals surface area contributed by atoms with E-state index in [2.05, 4.69) is 0 Å². The zero-order valence-corrected chi connectivity index (χ0v) is 17.9. The maximum Gasteiger partial charge on any atom is 0.294 e. The van der Waals surface area contributed by atoms with Crippen molar-refractivity contribution in [1.82, 2.24) is 0 Å². The fraction of sp³-hybridized carbons (Fsp3) is 0.619. The number of hydrogen-bond acceptors (Lipinski definition) is 5. The highest BCUT2D eigenvalue weighted by Gasteiger charge is 2.61. The fourth-order valence-corrected chi connectivity index (χ4v) is 5.94. The molecule has 3 aliphatic rings. The van der Waals surface area contributed by atoms with Crippen molar-refractivity contribution in [3.05, 3.63) is 34.6 Å². The van der Waals surface area contributed by atoms with Gasteiger partial charge in [0.2, 0.25) is 0 Å². The van der Waals surface area contributed by atoms with E-state index in [1.165, 1.54) is 0 Å². The number of fused-ring (bicyclic) bond motifs is 4. The maximum absolute atomic E-state index is 13.7. The number of methoxy groups -OCH3 is 1. The maximum atomic E-state index is 13.7. The number of ether oxygens (including phenoxy) is 4. The molecule has 0 saturated carbocycles. The third-order valence-electron chi connectivity index (χ3n) is 6.31. The van der Waals surface area contributed by atoms with Gasteiger partial charge in [0, 0.05) is 22.8 Å². The van der Waals surface area contributed by atoms with Crippen LogP contribution < -0.4 is 9.47 Å². The van der Waals surface area contributed by atoms with Crippen LogP contribution in [0.2, 0.25) is 0 Å². The molecular formula is C21H28O5S. The molecule has 1 unspecified atom stereocenters. The van der Waals surface area contributed by atoms with Crippen LogP contribution in [0.4, 0.5) is 0 Å². The van der Waals surface area contributed by atoms with Gasteiger partial charge in [-0.1, -0.05) is 20.8 Å². The molecule has 4 atom stereocenters. The first-order chi connectivity index (χ1) is 12.5. The average Bonchev–Trinajstić information content (AvgIpc) is 2.84. The topological polar surface area (TPSA) is 54.0 Å². The van der Waals surface area contributed by atoms with Crippen LogP contribution in [0.15, 0.2) is 29.0 Å². The molecule has 1 aromatic carbocycles. The lowest BCUT2D eigenvalue weighted by Gasteiger charge is -2.45. The fourth-order valence-electron chi connectivity index (χ4n) is 4.06. The summed E-state index contributed by atoms with van der Waals surface area (Å²) in [6.07, 6.45) is 0. The Morgan fingerprint density at radius 1 is 1.19 bits per heavy atom. The Bertz CT molecular complexity index is 851. The molecule has 4 rings (SSSR count). The van der Waals surface area contributed by atoms with E-state index in [0.29, 0.717) is 12.6 Å². The van der Waals surface area contributed by atoms with Crippen molar-refractivity contribution in [3.63, 3.8) is 0 Å². The molecule has 6 heteroatoms. The number of allylic oxidation sites excluding steroid dienone is 1. The van der Waals surface area contributed by atoms with Crippen LogP contribution in [0.25, 0.3) is 0 Å². The van der Waals surface area contributed by atoms with E-state index >= 15 is 0 Å². The Balaban J connectivity index is 1.90. The van der Waals surface area contributed by atoms with Crippen molar-refractivity contribution in [2.45, 2.75) is 58.0 Å². The Hall–Kier alpha value is -1.69. The van der Waals surface area contributed by atoms with Crippen LogP contribution in [-0.4, -0.2) is 28.5 Å². The van der Waals surface area contributed by atoms with E-state index in [0.717, 1.165) is 22.0 Å². The van der Waals surface area contributed by atoms with E-state index in [1.54, 1.807) is 7.11 Å².